The molecule has 122 valence electrons. The van der Waals surface area contributed by atoms with Gasteiger partial charge in [0.25, 0.3) is 11.4 Å². The van der Waals surface area contributed by atoms with Crippen molar-refractivity contribution in [3.8, 4) is 11.5 Å². The molecule has 0 unspecified atom stereocenters. The molecule has 0 saturated heterocycles. The lowest BCUT2D eigenvalue weighted by atomic mass is 10.2. The number of para-hydroxylation sites is 1. The zero-order chi connectivity index (χ0) is 16.8. The fourth-order valence-corrected chi connectivity index (χ4v) is 2.70. The molecule has 0 bridgehead atoms. The zero-order valence-electron chi connectivity index (χ0n) is 12.7. The summed E-state index contributed by atoms with van der Waals surface area (Å²) in [5.41, 5.74) is 1.76. The van der Waals surface area contributed by atoms with Crippen molar-refractivity contribution in [2.75, 3.05) is 0 Å². The number of hydrogen-bond donors (Lipinski definition) is 0. The first-order valence-corrected chi connectivity index (χ1v) is 7.51. The summed E-state index contributed by atoms with van der Waals surface area (Å²) in [6.07, 6.45) is 4.48. The Kier molecular flexibility index (Phi) is 2.84. The van der Waals surface area contributed by atoms with Crippen LogP contribution in [-0.4, -0.2) is 19.7 Å². The van der Waals surface area contributed by atoms with Crippen LogP contribution in [0.1, 0.15) is 5.82 Å². The summed E-state index contributed by atoms with van der Waals surface area (Å²) in [6, 6.07) is 9.11. The number of aromatic nitrogens is 4. The molecule has 5 rings (SSSR count). The SMILES string of the molecule is O=c1c2oc3ccccc3c2ncn1Cc1noc(-c2ccoc2)n1. The molecule has 0 amide bonds. The number of fused-ring (bicyclic) bond motifs is 3. The highest BCUT2D eigenvalue weighted by Gasteiger charge is 2.15. The van der Waals surface area contributed by atoms with Gasteiger partial charge < -0.3 is 13.4 Å². The van der Waals surface area contributed by atoms with Gasteiger partial charge in [-0.05, 0) is 18.2 Å². The van der Waals surface area contributed by atoms with Gasteiger partial charge in [0.1, 0.15) is 17.4 Å². The molecule has 4 heterocycles. The van der Waals surface area contributed by atoms with Gasteiger partial charge in [-0.15, -0.1) is 0 Å². The third kappa shape index (κ3) is 2.15. The third-order valence-corrected chi connectivity index (χ3v) is 3.90. The van der Waals surface area contributed by atoms with Crippen molar-refractivity contribution < 1.29 is 13.4 Å². The van der Waals surface area contributed by atoms with Crippen LogP contribution in [-0.2, 0) is 6.54 Å². The van der Waals surface area contributed by atoms with Crippen molar-refractivity contribution in [3.63, 3.8) is 0 Å². The number of hydrogen-bond acceptors (Lipinski definition) is 7. The fraction of sp³-hybridized carbons (Fsp3) is 0.0588. The molecule has 0 aliphatic heterocycles. The summed E-state index contributed by atoms with van der Waals surface area (Å²) in [5, 5.41) is 4.69. The normalized spacial score (nSPS) is 11.5. The van der Waals surface area contributed by atoms with Crippen molar-refractivity contribution in [1.29, 1.82) is 0 Å². The highest BCUT2D eigenvalue weighted by molar-refractivity contribution is 6.01. The van der Waals surface area contributed by atoms with Gasteiger partial charge in [0, 0.05) is 5.39 Å². The minimum Gasteiger partial charge on any atom is -0.472 e. The van der Waals surface area contributed by atoms with E-state index in [1.807, 2.05) is 18.2 Å². The number of nitrogens with zero attached hydrogens (tertiary/aromatic N) is 4. The molecule has 0 fully saturated rings. The lowest BCUT2D eigenvalue weighted by molar-refractivity contribution is 0.419. The summed E-state index contributed by atoms with van der Waals surface area (Å²) in [4.78, 5) is 21.3. The molecule has 0 aliphatic carbocycles. The molecule has 8 nitrogen and oxygen atoms in total. The van der Waals surface area contributed by atoms with E-state index >= 15 is 0 Å². The lowest BCUT2D eigenvalue weighted by Gasteiger charge is -2.00. The van der Waals surface area contributed by atoms with Gasteiger partial charge in [-0.2, -0.15) is 4.98 Å². The first kappa shape index (κ1) is 13.7. The lowest BCUT2D eigenvalue weighted by Crippen LogP contribution is -2.21. The Bertz CT molecular complexity index is 1250. The van der Waals surface area contributed by atoms with E-state index in [-0.39, 0.29) is 17.7 Å². The summed E-state index contributed by atoms with van der Waals surface area (Å²) in [6.45, 7) is 0.125. The molecular formula is C17H10N4O4. The van der Waals surface area contributed by atoms with E-state index in [2.05, 4.69) is 15.1 Å². The Hall–Kier alpha value is -3.68. The molecule has 0 spiro atoms. The second-order valence-corrected chi connectivity index (χ2v) is 5.48. The molecule has 25 heavy (non-hydrogen) atoms. The average molecular weight is 334 g/mol. The molecule has 0 saturated carbocycles. The van der Waals surface area contributed by atoms with Crippen molar-refractivity contribution in [1.82, 2.24) is 19.7 Å². The molecule has 0 atom stereocenters. The first-order chi connectivity index (χ1) is 12.3. The van der Waals surface area contributed by atoms with Gasteiger partial charge in [0.15, 0.2) is 5.82 Å². The van der Waals surface area contributed by atoms with Crippen LogP contribution in [0.5, 0.6) is 0 Å². The fourth-order valence-electron chi connectivity index (χ4n) is 2.70. The predicted molar refractivity (Wildman–Crippen MR) is 86.9 cm³/mol. The molecule has 4 aromatic heterocycles. The van der Waals surface area contributed by atoms with Crippen LogP contribution < -0.4 is 5.56 Å². The average Bonchev–Trinajstić information content (AvgIpc) is 3.36. The topological polar surface area (TPSA) is 100 Å². The molecule has 0 aliphatic rings. The molecule has 8 heteroatoms. The summed E-state index contributed by atoms with van der Waals surface area (Å²) in [7, 11) is 0. The Morgan fingerprint density at radius 1 is 1.16 bits per heavy atom. The summed E-state index contributed by atoms with van der Waals surface area (Å²) < 4.78 is 17.2. The minimum atomic E-state index is -0.295. The Labute approximate surface area is 139 Å². The molecule has 5 aromatic rings. The van der Waals surface area contributed by atoms with Gasteiger partial charge in [-0.25, -0.2) is 4.98 Å². The van der Waals surface area contributed by atoms with Gasteiger partial charge in [-0.1, -0.05) is 17.3 Å². The largest absolute Gasteiger partial charge is 0.472 e. The van der Waals surface area contributed by atoms with Crippen molar-refractivity contribution in [2.45, 2.75) is 6.54 Å². The number of benzene rings is 1. The maximum absolute atomic E-state index is 12.7. The van der Waals surface area contributed by atoms with Crippen LogP contribution in [0.15, 0.2) is 67.3 Å². The summed E-state index contributed by atoms with van der Waals surface area (Å²) >= 11 is 0. The van der Waals surface area contributed by atoms with Gasteiger partial charge >= 0.3 is 0 Å². The number of furan rings is 2. The van der Waals surface area contributed by atoms with Crippen molar-refractivity contribution in [2.24, 2.45) is 0 Å². The van der Waals surface area contributed by atoms with Gasteiger partial charge in [0.2, 0.25) is 5.58 Å². The van der Waals surface area contributed by atoms with E-state index in [4.69, 9.17) is 13.4 Å². The first-order valence-electron chi connectivity index (χ1n) is 7.51. The van der Waals surface area contributed by atoms with E-state index in [0.29, 0.717) is 28.4 Å². The Morgan fingerprint density at radius 3 is 2.96 bits per heavy atom. The van der Waals surface area contributed by atoms with Crippen LogP contribution in [0.25, 0.3) is 33.5 Å². The van der Waals surface area contributed by atoms with E-state index in [0.717, 1.165) is 5.39 Å². The van der Waals surface area contributed by atoms with Crippen molar-refractivity contribution in [3.05, 3.63) is 65.4 Å². The predicted octanol–water partition coefficient (Wildman–Crippen LogP) is 2.83. The van der Waals surface area contributed by atoms with Crippen LogP contribution in [0.4, 0.5) is 0 Å². The van der Waals surface area contributed by atoms with Crippen LogP contribution in [0.2, 0.25) is 0 Å². The van der Waals surface area contributed by atoms with E-state index < -0.39 is 0 Å². The highest BCUT2D eigenvalue weighted by atomic mass is 16.5. The minimum absolute atomic E-state index is 0.125. The molecule has 0 radical (unpaired) electrons. The van der Waals surface area contributed by atoms with Gasteiger partial charge in [0.05, 0.1) is 24.7 Å². The van der Waals surface area contributed by atoms with E-state index in [1.54, 1.807) is 12.1 Å². The second kappa shape index (κ2) is 5.17. The highest BCUT2D eigenvalue weighted by Crippen LogP contribution is 2.24. The standard InChI is InChI=1S/C17H10N4O4/c22-17-15-14(11-3-1-2-4-12(11)24-15)18-9-21(17)7-13-19-16(25-20-13)10-5-6-23-8-10/h1-6,8-9H,7H2. The quantitative estimate of drug-likeness (QED) is 0.500. The van der Waals surface area contributed by atoms with Crippen LogP contribution in [0.3, 0.4) is 0 Å². The Morgan fingerprint density at radius 2 is 2.08 bits per heavy atom. The molecule has 1 aromatic carbocycles. The van der Waals surface area contributed by atoms with E-state index in [9.17, 15) is 4.79 Å². The monoisotopic (exact) mass is 334 g/mol. The maximum atomic E-state index is 12.7. The second-order valence-electron chi connectivity index (χ2n) is 5.48. The third-order valence-electron chi connectivity index (χ3n) is 3.90. The zero-order valence-corrected chi connectivity index (χ0v) is 12.7. The Balaban J connectivity index is 1.56. The van der Waals surface area contributed by atoms with Crippen LogP contribution in [0, 0.1) is 0 Å². The van der Waals surface area contributed by atoms with Gasteiger partial charge in [-0.3, -0.25) is 9.36 Å². The summed E-state index contributed by atoms with van der Waals surface area (Å²) in [5.74, 6) is 0.685. The molecule has 0 N–H and O–H groups in total. The van der Waals surface area contributed by atoms with Crippen LogP contribution >= 0.6 is 0 Å². The smallest absolute Gasteiger partial charge is 0.297 e. The number of rotatable bonds is 3. The van der Waals surface area contributed by atoms with Crippen molar-refractivity contribution >= 4 is 22.1 Å². The molecular weight excluding hydrogens is 324 g/mol. The maximum Gasteiger partial charge on any atom is 0.297 e. The van der Waals surface area contributed by atoms with E-state index in [1.165, 1.54) is 23.4 Å².